The summed E-state index contributed by atoms with van der Waals surface area (Å²) in [5, 5.41) is 3.04. The van der Waals surface area contributed by atoms with Gasteiger partial charge in [-0.25, -0.2) is 9.97 Å². The van der Waals surface area contributed by atoms with Crippen LogP contribution in [0.3, 0.4) is 0 Å². The molecule has 1 N–H and O–H groups in total. The molecular formula is C13H19F3N4O. The van der Waals surface area contributed by atoms with Crippen LogP contribution in [0.15, 0.2) is 12.3 Å². The van der Waals surface area contributed by atoms with Crippen LogP contribution in [0.1, 0.15) is 12.1 Å². The van der Waals surface area contributed by atoms with E-state index in [1.807, 2.05) is 0 Å². The fourth-order valence-corrected chi connectivity index (χ4v) is 2.04. The maximum Gasteiger partial charge on any atom is 0.389 e. The molecule has 0 bridgehead atoms. The first kappa shape index (κ1) is 16.0. The second kappa shape index (κ2) is 7.56. The van der Waals surface area contributed by atoms with Crippen LogP contribution in [0, 0.1) is 0 Å². The van der Waals surface area contributed by atoms with Gasteiger partial charge in [0.2, 0.25) is 5.95 Å². The predicted octanol–water partition coefficient (Wildman–Crippen LogP) is 1.72. The second-order valence-electron chi connectivity index (χ2n) is 4.87. The topological polar surface area (TPSA) is 50.3 Å². The van der Waals surface area contributed by atoms with E-state index >= 15 is 0 Å². The van der Waals surface area contributed by atoms with Gasteiger partial charge in [-0.05, 0) is 12.5 Å². The highest BCUT2D eigenvalue weighted by Crippen LogP contribution is 2.21. The van der Waals surface area contributed by atoms with Crippen molar-refractivity contribution in [2.75, 3.05) is 44.7 Å². The molecule has 1 aromatic rings. The Kier molecular flexibility index (Phi) is 5.75. The van der Waals surface area contributed by atoms with Crippen LogP contribution in [-0.4, -0.2) is 60.4 Å². The Hall–Kier alpha value is -1.41. The summed E-state index contributed by atoms with van der Waals surface area (Å²) in [6.45, 7) is 4.76. The number of aromatic nitrogens is 2. The molecule has 0 atom stereocenters. The minimum atomic E-state index is -4.16. The van der Waals surface area contributed by atoms with Crippen LogP contribution >= 0.6 is 0 Å². The van der Waals surface area contributed by atoms with Crippen LogP contribution in [0.5, 0.6) is 0 Å². The van der Waals surface area contributed by atoms with E-state index in [9.17, 15) is 13.2 Å². The van der Waals surface area contributed by atoms with E-state index in [4.69, 9.17) is 4.74 Å². The summed E-state index contributed by atoms with van der Waals surface area (Å²) in [4.78, 5) is 10.4. The Bertz CT molecular complexity index is 436. The Morgan fingerprint density at radius 3 is 2.76 bits per heavy atom. The van der Waals surface area contributed by atoms with Crippen molar-refractivity contribution in [3.63, 3.8) is 0 Å². The zero-order chi connectivity index (χ0) is 15.1. The van der Waals surface area contributed by atoms with Crippen molar-refractivity contribution < 1.29 is 17.9 Å². The van der Waals surface area contributed by atoms with E-state index in [0.29, 0.717) is 18.2 Å². The monoisotopic (exact) mass is 304 g/mol. The molecule has 8 heteroatoms. The highest BCUT2D eigenvalue weighted by Gasteiger charge is 2.26. The summed E-state index contributed by atoms with van der Waals surface area (Å²) in [7, 11) is 0. The number of aryl methyl sites for hydroxylation is 1. The summed E-state index contributed by atoms with van der Waals surface area (Å²) >= 11 is 0. The van der Waals surface area contributed by atoms with E-state index in [2.05, 4.69) is 20.2 Å². The van der Waals surface area contributed by atoms with Crippen molar-refractivity contribution in [2.45, 2.75) is 19.0 Å². The first-order valence-electron chi connectivity index (χ1n) is 6.95. The number of nitrogens with one attached hydrogen (secondary N) is 1. The Labute approximate surface area is 121 Å². The molecule has 0 radical (unpaired) electrons. The first-order chi connectivity index (χ1) is 10.0. The molecule has 1 saturated heterocycles. The highest BCUT2D eigenvalue weighted by atomic mass is 19.4. The van der Waals surface area contributed by atoms with E-state index in [-0.39, 0.29) is 6.42 Å². The lowest BCUT2D eigenvalue weighted by Gasteiger charge is -2.26. The Morgan fingerprint density at radius 2 is 2.05 bits per heavy atom. The van der Waals surface area contributed by atoms with Gasteiger partial charge in [-0.1, -0.05) is 0 Å². The van der Waals surface area contributed by atoms with E-state index in [0.717, 1.165) is 32.8 Å². The first-order valence-corrected chi connectivity index (χ1v) is 6.95. The minimum Gasteiger partial charge on any atom is -0.379 e. The summed E-state index contributed by atoms with van der Waals surface area (Å²) in [6, 6.07) is 1.51. The molecule has 1 aliphatic rings. The quantitative estimate of drug-likeness (QED) is 0.867. The van der Waals surface area contributed by atoms with Crippen molar-refractivity contribution >= 4 is 5.95 Å². The number of hydrogen-bond acceptors (Lipinski definition) is 5. The van der Waals surface area contributed by atoms with Gasteiger partial charge in [0.1, 0.15) is 0 Å². The van der Waals surface area contributed by atoms with Crippen LogP contribution < -0.4 is 5.32 Å². The van der Waals surface area contributed by atoms with Crippen molar-refractivity contribution in [1.29, 1.82) is 0 Å². The molecule has 0 aromatic carbocycles. The number of nitrogens with zero attached hydrogens (tertiary/aromatic N) is 3. The molecule has 0 amide bonds. The number of alkyl halides is 3. The molecule has 21 heavy (non-hydrogen) atoms. The van der Waals surface area contributed by atoms with Gasteiger partial charge in [0.25, 0.3) is 0 Å². The van der Waals surface area contributed by atoms with Crippen molar-refractivity contribution in [1.82, 2.24) is 14.9 Å². The number of hydrogen-bond donors (Lipinski definition) is 1. The van der Waals surface area contributed by atoms with Gasteiger partial charge in [-0.3, -0.25) is 4.90 Å². The largest absolute Gasteiger partial charge is 0.389 e. The summed E-state index contributed by atoms with van der Waals surface area (Å²) in [5.74, 6) is 0.378. The zero-order valence-corrected chi connectivity index (χ0v) is 11.7. The van der Waals surface area contributed by atoms with Crippen molar-refractivity contribution in [3.05, 3.63) is 18.0 Å². The SMILES string of the molecule is FC(F)(F)CCc1ccnc(NCCN2CCOCC2)n1. The number of halogens is 3. The third-order valence-electron chi connectivity index (χ3n) is 3.19. The van der Waals surface area contributed by atoms with Gasteiger partial charge < -0.3 is 10.1 Å². The summed E-state index contributed by atoms with van der Waals surface area (Å²) < 4.78 is 41.8. The average Bonchev–Trinajstić information content (AvgIpc) is 2.46. The maximum absolute atomic E-state index is 12.2. The number of morpholine rings is 1. The van der Waals surface area contributed by atoms with Crippen LogP contribution in [0.2, 0.25) is 0 Å². The molecule has 1 aromatic heterocycles. The highest BCUT2D eigenvalue weighted by molar-refractivity contribution is 5.25. The summed E-state index contributed by atoms with van der Waals surface area (Å²) in [6.07, 6.45) is -3.66. The fraction of sp³-hybridized carbons (Fsp3) is 0.692. The lowest BCUT2D eigenvalue weighted by atomic mass is 10.2. The van der Waals surface area contributed by atoms with Gasteiger partial charge in [0, 0.05) is 44.5 Å². The normalized spacial score (nSPS) is 16.9. The van der Waals surface area contributed by atoms with Gasteiger partial charge in [0.15, 0.2) is 0 Å². The van der Waals surface area contributed by atoms with E-state index in [1.165, 1.54) is 12.3 Å². The predicted molar refractivity (Wildman–Crippen MR) is 72.2 cm³/mol. The standard InChI is InChI=1S/C13H19F3N4O/c14-13(15,16)3-1-11-2-4-17-12(19-11)18-5-6-20-7-9-21-10-8-20/h2,4H,1,3,5-10H2,(H,17,18,19). The molecule has 5 nitrogen and oxygen atoms in total. The average molecular weight is 304 g/mol. The lowest BCUT2D eigenvalue weighted by molar-refractivity contribution is -0.134. The maximum atomic E-state index is 12.2. The molecule has 2 heterocycles. The van der Waals surface area contributed by atoms with Crippen LogP contribution in [-0.2, 0) is 11.2 Å². The second-order valence-corrected chi connectivity index (χ2v) is 4.87. The molecule has 0 saturated carbocycles. The molecular weight excluding hydrogens is 285 g/mol. The minimum absolute atomic E-state index is 0.121. The van der Waals surface area contributed by atoms with Crippen molar-refractivity contribution in [3.8, 4) is 0 Å². The molecule has 118 valence electrons. The van der Waals surface area contributed by atoms with E-state index < -0.39 is 12.6 Å². The van der Waals surface area contributed by atoms with Crippen molar-refractivity contribution in [2.24, 2.45) is 0 Å². The number of anilines is 1. The molecule has 2 rings (SSSR count). The molecule has 1 aliphatic heterocycles. The van der Waals surface area contributed by atoms with Crippen LogP contribution in [0.25, 0.3) is 0 Å². The Morgan fingerprint density at radius 1 is 1.29 bits per heavy atom. The van der Waals surface area contributed by atoms with Gasteiger partial charge in [0.05, 0.1) is 13.2 Å². The Balaban J connectivity index is 1.75. The molecule has 0 unspecified atom stereocenters. The number of rotatable bonds is 6. The third-order valence-corrected chi connectivity index (χ3v) is 3.19. The van der Waals surface area contributed by atoms with Crippen LogP contribution in [0.4, 0.5) is 19.1 Å². The fourth-order valence-electron chi connectivity index (χ4n) is 2.04. The van der Waals surface area contributed by atoms with Gasteiger partial charge in [-0.2, -0.15) is 13.2 Å². The molecule has 1 fully saturated rings. The number of ether oxygens (including phenoxy) is 1. The third kappa shape index (κ3) is 6.26. The summed E-state index contributed by atoms with van der Waals surface area (Å²) in [5.41, 5.74) is 0.399. The van der Waals surface area contributed by atoms with Gasteiger partial charge >= 0.3 is 6.18 Å². The van der Waals surface area contributed by atoms with E-state index in [1.54, 1.807) is 0 Å². The molecule has 0 spiro atoms. The van der Waals surface area contributed by atoms with Gasteiger partial charge in [-0.15, -0.1) is 0 Å². The molecule has 0 aliphatic carbocycles. The zero-order valence-electron chi connectivity index (χ0n) is 11.7. The lowest BCUT2D eigenvalue weighted by Crippen LogP contribution is -2.39. The smallest absolute Gasteiger partial charge is 0.379 e.